The molecular formula is C24H24FN3O4S. The summed E-state index contributed by atoms with van der Waals surface area (Å²) in [5.74, 6) is -1.58. The van der Waals surface area contributed by atoms with Crippen molar-refractivity contribution in [2.75, 3.05) is 16.2 Å². The van der Waals surface area contributed by atoms with Crippen LogP contribution >= 0.6 is 0 Å². The average molecular weight is 470 g/mol. The summed E-state index contributed by atoms with van der Waals surface area (Å²) in [5.41, 5.74) is 0.780. The number of nitrogens with zero attached hydrogens (tertiary/aromatic N) is 1. The van der Waals surface area contributed by atoms with Crippen molar-refractivity contribution in [1.82, 2.24) is 5.32 Å². The first-order chi connectivity index (χ1) is 15.7. The number of sulfonamides is 1. The van der Waals surface area contributed by atoms with Crippen molar-refractivity contribution < 1.29 is 22.4 Å². The highest BCUT2D eigenvalue weighted by molar-refractivity contribution is 7.92. The van der Waals surface area contributed by atoms with Crippen LogP contribution in [0, 0.1) is 5.82 Å². The highest BCUT2D eigenvalue weighted by Crippen LogP contribution is 2.24. The van der Waals surface area contributed by atoms with Crippen LogP contribution in [0.15, 0.2) is 83.8 Å². The van der Waals surface area contributed by atoms with E-state index in [2.05, 4.69) is 10.6 Å². The van der Waals surface area contributed by atoms with E-state index in [0.717, 1.165) is 28.6 Å². The monoisotopic (exact) mass is 469 g/mol. The number of halogens is 1. The lowest BCUT2D eigenvalue weighted by Gasteiger charge is -2.24. The normalized spacial score (nSPS) is 11.2. The number of para-hydroxylation sites is 2. The summed E-state index contributed by atoms with van der Waals surface area (Å²) >= 11 is 0. The van der Waals surface area contributed by atoms with Crippen molar-refractivity contribution in [2.45, 2.75) is 24.8 Å². The van der Waals surface area contributed by atoms with Crippen molar-refractivity contribution in [2.24, 2.45) is 0 Å². The molecule has 0 fully saturated rings. The van der Waals surface area contributed by atoms with Crippen molar-refractivity contribution in [3.05, 3.63) is 90.2 Å². The third-order valence-corrected chi connectivity index (χ3v) is 6.39. The Bertz CT molecular complexity index is 1230. The summed E-state index contributed by atoms with van der Waals surface area (Å²) < 4.78 is 40.8. The van der Waals surface area contributed by atoms with Gasteiger partial charge in [0.2, 0.25) is 5.91 Å². The minimum absolute atomic E-state index is 0.101. The zero-order valence-electron chi connectivity index (χ0n) is 18.2. The van der Waals surface area contributed by atoms with E-state index in [9.17, 15) is 22.4 Å². The van der Waals surface area contributed by atoms with Gasteiger partial charge in [0.1, 0.15) is 12.4 Å². The van der Waals surface area contributed by atoms with E-state index in [0.29, 0.717) is 0 Å². The molecule has 172 valence electrons. The van der Waals surface area contributed by atoms with Crippen LogP contribution < -0.4 is 14.9 Å². The van der Waals surface area contributed by atoms with Crippen LogP contribution in [-0.2, 0) is 14.8 Å². The maximum Gasteiger partial charge on any atom is 0.264 e. The molecular weight excluding hydrogens is 445 g/mol. The molecule has 2 N–H and O–H groups in total. The largest absolute Gasteiger partial charge is 0.350 e. The van der Waals surface area contributed by atoms with Gasteiger partial charge in [-0.25, -0.2) is 12.8 Å². The van der Waals surface area contributed by atoms with Gasteiger partial charge in [-0.2, -0.15) is 0 Å². The average Bonchev–Trinajstić information content (AvgIpc) is 2.78. The Kier molecular flexibility index (Phi) is 7.44. The Balaban J connectivity index is 1.90. The zero-order valence-corrected chi connectivity index (χ0v) is 19.0. The number of carbonyl (C=O) groups is 2. The summed E-state index contributed by atoms with van der Waals surface area (Å²) in [4.78, 5) is 25.2. The number of hydrogen-bond acceptors (Lipinski definition) is 4. The van der Waals surface area contributed by atoms with Gasteiger partial charge in [0.05, 0.1) is 21.8 Å². The Morgan fingerprint density at radius 2 is 1.52 bits per heavy atom. The first kappa shape index (κ1) is 23.9. The third kappa shape index (κ3) is 5.95. The van der Waals surface area contributed by atoms with Crippen molar-refractivity contribution in [1.29, 1.82) is 0 Å². The molecule has 3 aromatic rings. The van der Waals surface area contributed by atoms with Gasteiger partial charge < -0.3 is 10.6 Å². The van der Waals surface area contributed by atoms with Gasteiger partial charge in [-0.15, -0.1) is 0 Å². The molecule has 0 bridgehead atoms. The van der Waals surface area contributed by atoms with E-state index in [4.69, 9.17) is 0 Å². The van der Waals surface area contributed by atoms with E-state index in [-0.39, 0.29) is 33.8 Å². The minimum atomic E-state index is -4.17. The van der Waals surface area contributed by atoms with E-state index < -0.39 is 28.3 Å². The molecule has 0 spiro atoms. The molecule has 0 aliphatic rings. The Labute approximate surface area is 192 Å². The lowest BCUT2D eigenvalue weighted by Crippen LogP contribution is -2.38. The fourth-order valence-electron chi connectivity index (χ4n) is 3.09. The highest BCUT2D eigenvalue weighted by Gasteiger charge is 2.27. The van der Waals surface area contributed by atoms with Gasteiger partial charge in [0.15, 0.2) is 0 Å². The number of benzene rings is 3. The zero-order chi connectivity index (χ0) is 24.0. The van der Waals surface area contributed by atoms with Gasteiger partial charge >= 0.3 is 0 Å². The summed E-state index contributed by atoms with van der Waals surface area (Å²) in [6.07, 6.45) is 0. The first-order valence-corrected chi connectivity index (χ1v) is 11.7. The summed E-state index contributed by atoms with van der Waals surface area (Å²) in [6.45, 7) is 3.08. The van der Waals surface area contributed by atoms with Crippen LogP contribution in [0.1, 0.15) is 24.2 Å². The van der Waals surface area contributed by atoms with Gasteiger partial charge in [-0.1, -0.05) is 30.3 Å². The van der Waals surface area contributed by atoms with Crippen LogP contribution in [0.3, 0.4) is 0 Å². The molecule has 0 radical (unpaired) electrons. The molecule has 3 rings (SSSR count). The fraction of sp³-hybridized carbons (Fsp3) is 0.167. The number of hydrogen-bond donors (Lipinski definition) is 2. The van der Waals surface area contributed by atoms with Crippen molar-refractivity contribution in [3.63, 3.8) is 0 Å². The molecule has 3 aromatic carbocycles. The standard InChI is InChI=1S/C24H24FN3O4S/c1-17(2)26-24(30)21-10-6-7-11-22(21)27-23(29)16-28(19-8-4-3-5-9-19)33(31,32)20-14-12-18(25)13-15-20/h3-15,17H,16H2,1-2H3,(H,26,30)(H,27,29). The second-order valence-corrected chi connectivity index (χ2v) is 9.39. The highest BCUT2D eigenvalue weighted by atomic mass is 32.2. The summed E-state index contributed by atoms with van der Waals surface area (Å²) in [5, 5.41) is 5.39. The van der Waals surface area contributed by atoms with E-state index in [1.54, 1.807) is 54.6 Å². The predicted molar refractivity (Wildman–Crippen MR) is 125 cm³/mol. The molecule has 0 unspecified atom stereocenters. The molecule has 0 aromatic heterocycles. The van der Waals surface area contributed by atoms with Gasteiger partial charge in [0, 0.05) is 6.04 Å². The lowest BCUT2D eigenvalue weighted by atomic mass is 10.1. The Morgan fingerprint density at radius 3 is 2.15 bits per heavy atom. The first-order valence-electron chi connectivity index (χ1n) is 10.2. The molecule has 7 nitrogen and oxygen atoms in total. The second kappa shape index (κ2) is 10.3. The number of rotatable bonds is 8. The lowest BCUT2D eigenvalue weighted by molar-refractivity contribution is -0.114. The predicted octanol–water partition coefficient (Wildman–Crippen LogP) is 3.80. The summed E-state index contributed by atoms with van der Waals surface area (Å²) in [6, 6.07) is 18.8. The fourth-order valence-corrected chi connectivity index (χ4v) is 4.51. The minimum Gasteiger partial charge on any atom is -0.350 e. The molecule has 33 heavy (non-hydrogen) atoms. The van der Waals surface area contributed by atoms with Gasteiger partial charge in [0.25, 0.3) is 15.9 Å². The van der Waals surface area contributed by atoms with Crippen LogP contribution in [0.4, 0.5) is 15.8 Å². The molecule has 0 atom stereocenters. The van der Waals surface area contributed by atoms with E-state index in [1.165, 1.54) is 0 Å². The van der Waals surface area contributed by atoms with Gasteiger partial charge in [-0.05, 0) is 62.4 Å². The van der Waals surface area contributed by atoms with Crippen molar-refractivity contribution >= 4 is 33.2 Å². The van der Waals surface area contributed by atoms with Crippen LogP contribution in [0.2, 0.25) is 0 Å². The smallest absolute Gasteiger partial charge is 0.264 e. The molecule has 0 saturated carbocycles. The van der Waals surface area contributed by atoms with Crippen molar-refractivity contribution in [3.8, 4) is 0 Å². The van der Waals surface area contributed by atoms with Crippen LogP contribution in [-0.4, -0.2) is 32.8 Å². The Hall–Kier alpha value is -3.72. The van der Waals surface area contributed by atoms with E-state index in [1.807, 2.05) is 13.8 Å². The van der Waals surface area contributed by atoms with Gasteiger partial charge in [-0.3, -0.25) is 13.9 Å². The number of carbonyl (C=O) groups excluding carboxylic acids is 2. The topological polar surface area (TPSA) is 95.6 Å². The second-order valence-electron chi connectivity index (χ2n) is 7.52. The SMILES string of the molecule is CC(C)NC(=O)c1ccccc1NC(=O)CN(c1ccccc1)S(=O)(=O)c1ccc(F)cc1. The number of amides is 2. The maximum absolute atomic E-state index is 13.3. The molecule has 0 saturated heterocycles. The molecule has 0 aliphatic heterocycles. The molecule has 2 amide bonds. The number of nitrogens with one attached hydrogen (secondary N) is 2. The molecule has 0 heterocycles. The van der Waals surface area contributed by atoms with Crippen LogP contribution in [0.5, 0.6) is 0 Å². The maximum atomic E-state index is 13.3. The molecule has 0 aliphatic carbocycles. The summed E-state index contributed by atoms with van der Waals surface area (Å²) in [7, 11) is -4.17. The number of anilines is 2. The van der Waals surface area contributed by atoms with Crippen LogP contribution in [0.25, 0.3) is 0 Å². The Morgan fingerprint density at radius 1 is 0.909 bits per heavy atom. The van der Waals surface area contributed by atoms with E-state index >= 15 is 0 Å². The quantitative estimate of drug-likeness (QED) is 0.525. The molecule has 9 heteroatoms. The third-order valence-electron chi connectivity index (χ3n) is 4.60.